The molecular weight excluding hydrogens is 447 g/mol. The lowest BCUT2D eigenvalue weighted by Gasteiger charge is -2.41. The average Bonchev–Trinajstić information content (AvgIpc) is 2.89. The molecule has 3 aromatic carbocycles. The number of carbonyl (C=O) groups excluding carboxylic acids is 1. The van der Waals surface area contributed by atoms with Crippen LogP contribution >= 0.6 is 0 Å². The molecule has 1 aliphatic rings. The Hall–Kier alpha value is -4.24. The van der Waals surface area contributed by atoms with E-state index in [1.807, 2.05) is 29.2 Å². The number of urea groups is 1. The number of nitrogen functional groups attached to an aromatic ring is 1. The van der Waals surface area contributed by atoms with E-state index in [1.54, 1.807) is 41.3 Å². The molecule has 0 radical (unpaired) electrons. The number of hydrogen-bond donors (Lipinski definition) is 3. The summed E-state index contributed by atoms with van der Waals surface area (Å²) in [5.74, 6) is 0.375. The molecule has 8 nitrogen and oxygen atoms in total. The predicted molar refractivity (Wildman–Crippen MR) is 135 cm³/mol. The van der Waals surface area contributed by atoms with Gasteiger partial charge < -0.3 is 26.0 Å². The number of rotatable bonds is 4. The third-order valence-electron chi connectivity index (χ3n) is 6.20. The highest BCUT2D eigenvalue weighted by Crippen LogP contribution is 2.32. The van der Waals surface area contributed by atoms with E-state index in [0.29, 0.717) is 42.5 Å². The third kappa shape index (κ3) is 4.58. The first-order valence-corrected chi connectivity index (χ1v) is 11.3. The summed E-state index contributed by atoms with van der Waals surface area (Å²) >= 11 is 0. The monoisotopic (exact) mass is 472 g/mol. The highest BCUT2D eigenvalue weighted by atomic mass is 19.1. The van der Waals surface area contributed by atoms with Crippen LogP contribution in [-0.2, 0) is 0 Å². The van der Waals surface area contributed by atoms with Gasteiger partial charge in [-0.2, -0.15) is 0 Å². The van der Waals surface area contributed by atoms with Crippen molar-refractivity contribution < 1.29 is 14.3 Å². The van der Waals surface area contributed by atoms with Gasteiger partial charge in [0.05, 0.1) is 12.6 Å². The maximum absolute atomic E-state index is 13.4. The van der Waals surface area contributed by atoms with Gasteiger partial charge in [-0.15, -0.1) is 10.2 Å². The average molecular weight is 473 g/mol. The number of anilines is 3. The van der Waals surface area contributed by atoms with Crippen molar-refractivity contribution in [2.45, 2.75) is 6.04 Å². The molecule has 1 fully saturated rings. The molecule has 5 rings (SSSR count). The minimum Gasteiger partial charge on any atom is -0.399 e. The Kier molecular flexibility index (Phi) is 6.15. The summed E-state index contributed by atoms with van der Waals surface area (Å²) < 4.78 is 13.4. The number of amides is 2. The summed E-state index contributed by atoms with van der Waals surface area (Å²) in [6.45, 7) is 1.15. The van der Waals surface area contributed by atoms with Crippen molar-refractivity contribution in [2.75, 3.05) is 42.2 Å². The lowest BCUT2D eigenvalue weighted by Crippen LogP contribution is -2.58. The highest BCUT2D eigenvalue weighted by Gasteiger charge is 2.31. The molecule has 2 amide bonds. The van der Waals surface area contributed by atoms with Crippen molar-refractivity contribution >= 4 is 34.0 Å². The third-order valence-corrected chi connectivity index (χ3v) is 6.20. The van der Waals surface area contributed by atoms with Gasteiger partial charge in [-0.3, -0.25) is 0 Å². The number of fused-ring (bicyclic) bond motifs is 1. The van der Waals surface area contributed by atoms with Gasteiger partial charge in [-0.25, -0.2) is 9.18 Å². The zero-order valence-corrected chi connectivity index (χ0v) is 18.9. The zero-order valence-electron chi connectivity index (χ0n) is 18.9. The van der Waals surface area contributed by atoms with Crippen molar-refractivity contribution in [3.63, 3.8) is 0 Å². The summed E-state index contributed by atoms with van der Waals surface area (Å²) in [7, 11) is 0. The second-order valence-electron chi connectivity index (χ2n) is 8.45. The summed E-state index contributed by atoms with van der Waals surface area (Å²) in [5.41, 5.74) is 8.41. The van der Waals surface area contributed by atoms with E-state index in [9.17, 15) is 14.3 Å². The molecule has 2 heterocycles. The number of hydrogen-bond acceptors (Lipinski definition) is 6. The normalized spacial score (nSPS) is 15.9. The molecule has 0 saturated carbocycles. The number of nitrogens with zero attached hydrogens (tertiary/aromatic N) is 4. The van der Waals surface area contributed by atoms with Crippen LogP contribution in [0, 0.1) is 5.82 Å². The summed E-state index contributed by atoms with van der Waals surface area (Å²) in [5, 5.41) is 23.7. The number of halogens is 1. The van der Waals surface area contributed by atoms with Gasteiger partial charge in [0.1, 0.15) is 11.5 Å². The van der Waals surface area contributed by atoms with Crippen molar-refractivity contribution in [1.29, 1.82) is 0 Å². The standard InChI is InChI=1S/C26H25FN6O2/c27-18-7-5-17(6-8-18)24-22-3-1-2-4-23(22)25(31-30-24)32-13-14-33(21(15-32)16-34)26(35)29-20-11-9-19(28)10-12-20/h1-12,21,34H,13-16,28H2,(H,29,35)/t21-/m1/s1. The minimum atomic E-state index is -0.421. The van der Waals surface area contributed by atoms with Crippen LogP contribution in [0.25, 0.3) is 22.0 Å². The van der Waals surface area contributed by atoms with E-state index < -0.39 is 6.04 Å². The van der Waals surface area contributed by atoms with Gasteiger partial charge in [-0.1, -0.05) is 24.3 Å². The number of nitrogens with one attached hydrogen (secondary N) is 1. The van der Waals surface area contributed by atoms with Gasteiger partial charge in [0.15, 0.2) is 5.82 Å². The Morgan fingerprint density at radius 2 is 1.71 bits per heavy atom. The van der Waals surface area contributed by atoms with Crippen LogP contribution in [0.3, 0.4) is 0 Å². The van der Waals surface area contributed by atoms with Crippen molar-refractivity contribution in [1.82, 2.24) is 15.1 Å². The first-order valence-electron chi connectivity index (χ1n) is 11.3. The molecule has 1 atom stereocenters. The van der Waals surface area contributed by atoms with Crippen molar-refractivity contribution in [2.24, 2.45) is 0 Å². The van der Waals surface area contributed by atoms with E-state index in [-0.39, 0.29) is 18.5 Å². The van der Waals surface area contributed by atoms with Crippen molar-refractivity contribution in [3.8, 4) is 11.3 Å². The fraction of sp³-hybridized carbons (Fsp3) is 0.192. The Labute approximate surface area is 201 Å². The van der Waals surface area contributed by atoms with E-state index >= 15 is 0 Å². The molecule has 0 aliphatic carbocycles. The van der Waals surface area contributed by atoms with Crippen LogP contribution in [0.4, 0.5) is 26.4 Å². The minimum absolute atomic E-state index is 0.190. The van der Waals surface area contributed by atoms with Crippen LogP contribution in [0.15, 0.2) is 72.8 Å². The maximum Gasteiger partial charge on any atom is 0.322 e. The fourth-order valence-electron chi connectivity index (χ4n) is 4.38. The second kappa shape index (κ2) is 9.55. The SMILES string of the molecule is Nc1ccc(NC(=O)N2CCN(c3nnc(-c4ccc(F)cc4)c4ccccc34)C[C@@H]2CO)cc1. The molecule has 9 heteroatoms. The van der Waals surface area contributed by atoms with Gasteiger partial charge >= 0.3 is 6.03 Å². The Balaban J connectivity index is 1.39. The molecule has 1 aliphatic heterocycles. The van der Waals surface area contributed by atoms with E-state index in [4.69, 9.17) is 5.73 Å². The fourth-order valence-corrected chi connectivity index (χ4v) is 4.38. The first-order chi connectivity index (χ1) is 17.0. The number of aliphatic hydroxyl groups is 1. The van der Waals surface area contributed by atoms with Gasteiger partial charge in [0.25, 0.3) is 0 Å². The van der Waals surface area contributed by atoms with Crippen LogP contribution in [0.5, 0.6) is 0 Å². The van der Waals surface area contributed by atoms with E-state index in [0.717, 1.165) is 16.3 Å². The lowest BCUT2D eigenvalue weighted by atomic mass is 10.0. The second-order valence-corrected chi connectivity index (χ2v) is 8.45. The topological polar surface area (TPSA) is 108 Å². The Bertz CT molecular complexity index is 1350. The highest BCUT2D eigenvalue weighted by molar-refractivity contribution is 6.00. The summed E-state index contributed by atoms with van der Waals surface area (Å²) in [6, 6.07) is 20.2. The summed E-state index contributed by atoms with van der Waals surface area (Å²) in [6.07, 6.45) is 0. The molecule has 35 heavy (non-hydrogen) atoms. The molecule has 0 unspecified atom stereocenters. The maximum atomic E-state index is 13.4. The van der Waals surface area contributed by atoms with Crippen LogP contribution in [0.2, 0.25) is 0 Å². The Morgan fingerprint density at radius 1 is 1.00 bits per heavy atom. The molecule has 178 valence electrons. The quantitative estimate of drug-likeness (QED) is 0.391. The van der Waals surface area contributed by atoms with E-state index in [1.165, 1.54) is 12.1 Å². The number of benzene rings is 3. The molecule has 4 aromatic rings. The largest absolute Gasteiger partial charge is 0.399 e. The zero-order chi connectivity index (χ0) is 24.4. The number of carbonyl (C=O) groups is 1. The molecule has 1 saturated heterocycles. The summed E-state index contributed by atoms with van der Waals surface area (Å²) in [4.78, 5) is 16.6. The van der Waals surface area contributed by atoms with Crippen molar-refractivity contribution in [3.05, 3.63) is 78.6 Å². The van der Waals surface area contributed by atoms with Crippen LogP contribution < -0.4 is 16.0 Å². The first kappa shape index (κ1) is 22.5. The van der Waals surface area contributed by atoms with Crippen LogP contribution in [-0.4, -0.2) is 58.5 Å². The molecule has 0 bridgehead atoms. The lowest BCUT2D eigenvalue weighted by molar-refractivity contribution is 0.132. The number of aromatic nitrogens is 2. The number of nitrogens with two attached hydrogens (primary N) is 1. The van der Waals surface area contributed by atoms with Gasteiger partial charge in [0.2, 0.25) is 0 Å². The number of aliphatic hydroxyl groups excluding tert-OH is 1. The van der Waals surface area contributed by atoms with Crippen LogP contribution in [0.1, 0.15) is 0 Å². The smallest absolute Gasteiger partial charge is 0.322 e. The molecule has 0 spiro atoms. The van der Waals surface area contributed by atoms with E-state index in [2.05, 4.69) is 15.5 Å². The molecular formula is C26H25FN6O2. The van der Waals surface area contributed by atoms with Gasteiger partial charge in [0, 0.05) is 47.3 Å². The molecule has 4 N–H and O–H groups in total. The number of piperazine rings is 1. The molecule has 1 aromatic heterocycles. The van der Waals surface area contributed by atoms with Gasteiger partial charge in [-0.05, 0) is 48.5 Å². The Morgan fingerprint density at radius 3 is 2.43 bits per heavy atom. The predicted octanol–water partition coefficient (Wildman–Crippen LogP) is 3.73.